The quantitative estimate of drug-likeness (QED) is 0.602. The Labute approximate surface area is 194 Å². The van der Waals surface area contributed by atoms with E-state index in [1.165, 1.54) is 4.90 Å². The van der Waals surface area contributed by atoms with Crippen molar-refractivity contribution < 1.29 is 14.3 Å². The summed E-state index contributed by atoms with van der Waals surface area (Å²) in [6.07, 6.45) is 0. The average molecular weight is 465 g/mol. The van der Waals surface area contributed by atoms with Gasteiger partial charge in [0.15, 0.2) is 6.61 Å². The predicted molar refractivity (Wildman–Crippen MR) is 126 cm³/mol. The maximum Gasteiger partial charge on any atom is 0.261 e. The van der Waals surface area contributed by atoms with E-state index in [0.29, 0.717) is 21.4 Å². The van der Waals surface area contributed by atoms with Crippen LogP contribution in [-0.4, -0.2) is 34.9 Å². The van der Waals surface area contributed by atoms with Gasteiger partial charge in [-0.2, -0.15) is 0 Å². The first-order chi connectivity index (χ1) is 14.4. The molecule has 0 spiro atoms. The van der Waals surface area contributed by atoms with Crippen LogP contribution < -0.4 is 10.1 Å². The van der Waals surface area contributed by atoms with Crippen LogP contribution in [0.15, 0.2) is 36.4 Å². The van der Waals surface area contributed by atoms with E-state index in [1.54, 1.807) is 25.1 Å². The molecule has 2 aromatic rings. The Kier molecular flexibility index (Phi) is 8.38. The van der Waals surface area contributed by atoms with E-state index in [4.69, 9.17) is 27.9 Å². The molecule has 0 radical (unpaired) electrons. The number of ether oxygens (including phenoxy) is 1. The maximum atomic E-state index is 13.2. The van der Waals surface area contributed by atoms with Gasteiger partial charge in [0, 0.05) is 27.7 Å². The Morgan fingerprint density at radius 3 is 2.13 bits per heavy atom. The van der Waals surface area contributed by atoms with Crippen LogP contribution in [0, 0.1) is 13.8 Å². The van der Waals surface area contributed by atoms with Gasteiger partial charge in [-0.05, 0) is 76.9 Å². The van der Waals surface area contributed by atoms with E-state index in [-0.39, 0.29) is 25.0 Å². The first-order valence-corrected chi connectivity index (χ1v) is 10.9. The highest BCUT2D eigenvalue weighted by Gasteiger charge is 2.29. The summed E-state index contributed by atoms with van der Waals surface area (Å²) in [5.74, 6) is -0.00416. The number of rotatable bonds is 7. The van der Waals surface area contributed by atoms with E-state index in [2.05, 4.69) is 5.32 Å². The molecule has 0 aliphatic carbocycles. The summed E-state index contributed by atoms with van der Waals surface area (Å²) in [5, 5.41) is 3.79. The monoisotopic (exact) mass is 464 g/mol. The molecule has 31 heavy (non-hydrogen) atoms. The van der Waals surface area contributed by atoms with Gasteiger partial charge < -0.3 is 15.0 Å². The minimum atomic E-state index is -0.748. The summed E-state index contributed by atoms with van der Waals surface area (Å²) in [7, 11) is 0. The van der Waals surface area contributed by atoms with Gasteiger partial charge >= 0.3 is 0 Å². The van der Waals surface area contributed by atoms with Gasteiger partial charge in [0.25, 0.3) is 5.91 Å². The molecular formula is C24H30Cl2N2O3. The Morgan fingerprint density at radius 2 is 1.61 bits per heavy atom. The summed E-state index contributed by atoms with van der Waals surface area (Å²) >= 11 is 12.6. The summed E-state index contributed by atoms with van der Waals surface area (Å²) < 4.78 is 5.75. The molecule has 0 saturated carbocycles. The molecule has 2 amide bonds. The van der Waals surface area contributed by atoms with Crippen LogP contribution in [0.25, 0.3) is 0 Å². The number of hydrogen-bond acceptors (Lipinski definition) is 3. The van der Waals surface area contributed by atoms with Gasteiger partial charge in [0.2, 0.25) is 5.91 Å². The highest BCUT2D eigenvalue weighted by Crippen LogP contribution is 2.27. The molecule has 0 aromatic heterocycles. The van der Waals surface area contributed by atoms with Gasteiger partial charge in [-0.1, -0.05) is 35.3 Å². The van der Waals surface area contributed by atoms with Crippen LogP contribution in [0.5, 0.6) is 5.75 Å². The van der Waals surface area contributed by atoms with Gasteiger partial charge in [-0.3, -0.25) is 9.59 Å². The van der Waals surface area contributed by atoms with Crippen molar-refractivity contribution in [2.24, 2.45) is 0 Å². The van der Waals surface area contributed by atoms with Crippen molar-refractivity contribution in [3.63, 3.8) is 0 Å². The second kappa shape index (κ2) is 10.4. The molecule has 0 aliphatic heterocycles. The molecule has 0 bridgehead atoms. The third kappa shape index (κ3) is 7.44. The van der Waals surface area contributed by atoms with E-state index >= 15 is 0 Å². The SMILES string of the molecule is Cc1cc(C)cc(OCC(=O)N(Cc2c(Cl)cccc2Cl)C(C)C(=O)NC(C)(C)C)c1. The van der Waals surface area contributed by atoms with Crippen LogP contribution in [0.3, 0.4) is 0 Å². The van der Waals surface area contributed by atoms with E-state index in [1.807, 2.05) is 52.8 Å². The lowest BCUT2D eigenvalue weighted by molar-refractivity contribution is -0.142. The van der Waals surface area contributed by atoms with Crippen molar-refractivity contribution >= 4 is 35.0 Å². The molecule has 168 valence electrons. The van der Waals surface area contributed by atoms with Gasteiger partial charge in [-0.15, -0.1) is 0 Å². The number of aryl methyl sites for hydroxylation is 2. The average Bonchev–Trinajstić information content (AvgIpc) is 2.63. The van der Waals surface area contributed by atoms with Gasteiger partial charge in [-0.25, -0.2) is 0 Å². The third-order valence-electron chi connectivity index (χ3n) is 4.61. The minimum absolute atomic E-state index is 0.0896. The largest absolute Gasteiger partial charge is 0.484 e. The fraction of sp³-hybridized carbons (Fsp3) is 0.417. The highest BCUT2D eigenvalue weighted by atomic mass is 35.5. The molecule has 1 unspecified atom stereocenters. The number of carbonyl (C=O) groups is 2. The zero-order valence-corrected chi connectivity index (χ0v) is 20.4. The van der Waals surface area contributed by atoms with Crippen LogP contribution >= 0.6 is 23.2 Å². The molecule has 2 rings (SSSR count). The van der Waals surface area contributed by atoms with Crippen molar-refractivity contribution in [3.8, 4) is 5.75 Å². The fourth-order valence-electron chi connectivity index (χ4n) is 3.15. The number of nitrogens with one attached hydrogen (secondary N) is 1. The molecule has 0 saturated heterocycles. The number of hydrogen-bond donors (Lipinski definition) is 1. The first kappa shape index (κ1) is 25.0. The Hall–Kier alpha value is -2.24. The normalized spacial score (nSPS) is 12.3. The summed E-state index contributed by atoms with van der Waals surface area (Å²) in [6.45, 7) is 11.1. The molecule has 7 heteroatoms. The van der Waals surface area contributed by atoms with Crippen molar-refractivity contribution in [2.75, 3.05) is 6.61 Å². The molecule has 0 aliphatic rings. The molecule has 2 aromatic carbocycles. The van der Waals surface area contributed by atoms with Gasteiger partial charge in [0.1, 0.15) is 11.8 Å². The third-order valence-corrected chi connectivity index (χ3v) is 5.32. The van der Waals surface area contributed by atoms with Crippen LogP contribution in [0.1, 0.15) is 44.4 Å². The number of benzene rings is 2. The van der Waals surface area contributed by atoms with Gasteiger partial charge in [0.05, 0.1) is 0 Å². The standard InChI is InChI=1S/C24H30Cl2N2O3/c1-15-10-16(2)12-18(11-15)31-14-22(29)28(17(3)23(30)27-24(4,5)6)13-19-20(25)8-7-9-21(19)26/h7-12,17H,13-14H2,1-6H3,(H,27,30). The number of amides is 2. The predicted octanol–water partition coefficient (Wildman–Crippen LogP) is 5.32. The lowest BCUT2D eigenvalue weighted by Gasteiger charge is -2.31. The Balaban J connectivity index is 2.27. The molecule has 5 nitrogen and oxygen atoms in total. The van der Waals surface area contributed by atoms with Crippen molar-refractivity contribution in [1.82, 2.24) is 10.2 Å². The number of nitrogens with zero attached hydrogens (tertiary/aromatic N) is 1. The number of carbonyl (C=O) groups excluding carboxylic acids is 2. The highest BCUT2D eigenvalue weighted by molar-refractivity contribution is 6.36. The van der Waals surface area contributed by atoms with E-state index < -0.39 is 11.6 Å². The zero-order chi connectivity index (χ0) is 23.3. The number of halogens is 2. The summed E-state index contributed by atoms with van der Waals surface area (Å²) in [6, 6.07) is 10.2. The van der Waals surface area contributed by atoms with Crippen LogP contribution in [0.2, 0.25) is 10.0 Å². The van der Waals surface area contributed by atoms with E-state index in [0.717, 1.165) is 11.1 Å². The van der Waals surface area contributed by atoms with Crippen LogP contribution in [-0.2, 0) is 16.1 Å². The smallest absolute Gasteiger partial charge is 0.261 e. The van der Waals surface area contributed by atoms with Crippen molar-refractivity contribution in [3.05, 3.63) is 63.1 Å². The lowest BCUT2D eigenvalue weighted by atomic mass is 10.1. The molecule has 1 N–H and O–H groups in total. The van der Waals surface area contributed by atoms with Crippen molar-refractivity contribution in [2.45, 2.75) is 59.7 Å². The van der Waals surface area contributed by atoms with E-state index in [9.17, 15) is 9.59 Å². The second-order valence-corrected chi connectivity index (χ2v) is 9.56. The second-order valence-electron chi connectivity index (χ2n) is 8.75. The molecular weight excluding hydrogens is 435 g/mol. The lowest BCUT2D eigenvalue weighted by Crippen LogP contribution is -2.53. The molecule has 1 atom stereocenters. The fourth-order valence-corrected chi connectivity index (χ4v) is 3.67. The summed E-state index contributed by atoms with van der Waals surface area (Å²) in [5.41, 5.74) is 2.23. The van der Waals surface area contributed by atoms with Crippen LogP contribution in [0.4, 0.5) is 0 Å². The zero-order valence-electron chi connectivity index (χ0n) is 18.9. The Bertz CT molecular complexity index is 914. The summed E-state index contributed by atoms with van der Waals surface area (Å²) in [4.78, 5) is 27.4. The molecule has 0 fully saturated rings. The Morgan fingerprint density at radius 1 is 1.06 bits per heavy atom. The first-order valence-electron chi connectivity index (χ1n) is 10.1. The topological polar surface area (TPSA) is 58.6 Å². The van der Waals surface area contributed by atoms with Crippen molar-refractivity contribution in [1.29, 1.82) is 0 Å². The minimum Gasteiger partial charge on any atom is -0.484 e. The molecule has 0 heterocycles. The maximum absolute atomic E-state index is 13.2.